The number of nitrogens with zero attached hydrogens (tertiary/aromatic N) is 2. The van der Waals surface area contributed by atoms with Gasteiger partial charge in [-0.05, 0) is 108 Å². The van der Waals surface area contributed by atoms with E-state index in [2.05, 4.69) is 61.1 Å². The second-order valence-corrected chi connectivity index (χ2v) is 11.2. The first-order valence-corrected chi connectivity index (χ1v) is 13.9. The van der Waals surface area contributed by atoms with Crippen molar-refractivity contribution in [3.63, 3.8) is 0 Å². The average Bonchev–Trinajstić information content (AvgIpc) is 3.16. The maximum Gasteiger partial charge on any atom is 0.335 e. The Morgan fingerprint density at radius 1 is 1.03 bits per heavy atom. The maximum absolute atomic E-state index is 12.9. The van der Waals surface area contributed by atoms with E-state index in [0.717, 1.165) is 30.8 Å². The molecule has 4 aromatic carbocycles. The van der Waals surface area contributed by atoms with E-state index >= 15 is 0 Å². The minimum atomic E-state index is -1.00. The summed E-state index contributed by atoms with van der Waals surface area (Å²) in [5.41, 5.74) is 2.65. The molecule has 38 heavy (non-hydrogen) atoms. The molecule has 9 heteroatoms. The Morgan fingerprint density at radius 3 is 2.42 bits per heavy atom. The Balaban J connectivity index is 1.35. The summed E-state index contributed by atoms with van der Waals surface area (Å²) < 4.78 is 7.70. The predicted octanol–water partition coefficient (Wildman–Crippen LogP) is 7.88. The third-order valence-corrected chi connectivity index (χ3v) is 8.15. The molecule has 0 bridgehead atoms. The van der Waals surface area contributed by atoms with Crippen LogP contribution in [0.1, 0.15) is 21.5 Å². The summed E-state index contributed by atoms with van der Waals surface area (Å²) in [7, 11) is 1.66. The molecule has 0 radical (unpaired) electrons. The lowest BCUT2D eigenvalue weighted by molar-refractivity contribution is -0.121. The maximum atomic E-state index is 12.9. The summed E-state index contributed by atoms with van der Waals surface area (Å²) >= 11 is 8.50. The van der Waals surface area contributed by atoms with Gasteiger partial charge in [-0.2, -0.15) is 0 Å². The number of carboxylic acids is 1. The van der Waals surface area contributed by atoms with Crippen LogP contribution in [0, 0.1) is 0 Å². The van der Waals surface area contributed by atoms with Crippen molar-refractivity contribution in [2.75, 3.05) is 7.05 Å². The van der Waals surface area contributed by atoms with Crippen LogP contribution in [0.5, 0.6) is 5.75 Å². The number of rotatable bonds is 6. The number of ether oxygens (including phenoxy) is 1. The van der Waals surface area contributed by atoms with Crippen LogP contribution in [0.4, 0.5) is 5.69 Å². The number of carboxylic acid groups (broad SMARTS) is 1. The van der Waals surface area contributed by atoms with Crippen molar-refractivity contribution in [2.24, 2.45) is 4.99 Å². The molecule has 190 valence electrons. The van der Waals surface area contributed by atoms with Crippen LogP contribution in [0.15, 0.2) is 97.7 Å². The van der Waals surface area contributed by atoms with Crippen molar-refractivity contribution >= 4 is 83.2 Å². The predicted molar refractivity (Wildman–Crippen MR) is 159 cm³/mol. The summed E-state index contributed by atoms with van der Waals surface area (Å²) in [5, 5.41) is 11.9. The Kier molecular flexibility index (Phi) is 7.69. The number of fused-ring (bicyclic) bond motifs is 1. The number of hydrogen-bond donors (Lipinski definition) is 1. The van der Waals surface area contributed by atoms with Crippen molar-refractivity contribution < 1.29 is 19.4 Å². The highest BCUT2D eigenvalue weighted by molar-refractivity contribution is 9.11. The highest BCUT2D eigenvalue weighted by Gasteiger charge is 2.30. The van der Waals surface area contributed by atoms with Gasteiger partial charge in [0.05, 0.1) is 25.1 Å². The van der Waals surface area contributed by atoms with Crippen molar-refractivity contribution in [2.45, 2.75) is 6.61 Å². The summed E-state index contributed by atoms with van der Waals surface area (Å²) in [6, 6.07) is 24.4. The number of hydrogen-bond acceptors (Lipinski definition) is 5. The molecule has 0 saturated carbocycles. The molecule has 1 heterocycles. The van der Waals surface area contributed by atoms with E-state index in [1.807, 2.05) is 36.4 Å². The minimum Gasteiger partial charge on any atom is -0.487 e. The van der Waals surface area contributed by atoms with Crippen LogP contribution in [-0.2, 0) is 11.4 Å². The molecule has 1 N–H and O–H groups in total. The molecule has 5 rings (SSSR count). The van der Waals surface area contributed by atoms with E-state index in [1.165, 1.54) is 28.8 Å². The van der Waals surface area contributed by atoms with Gasteiger partial charge in [0, 0.05) is 7.05 Å². The van der Waals surface area contributed by atoms with Crippen molar-refractivity contribution in [1.82, 2.24) is 4.90 Å². The number of benzene rings is 4. The summed E-state index contributed by atoms with van der Waals surface area (Å²) in [5.74, 6) is -0.492. The summed E-state index contributed by atoms with van der Waals surface area (Å²) in [6.07, 6.45) is 1.81. The number of carbonyl (C=O) groups excluding carboxylic acids is 1. The SMILES string of the molecule is CN1C(=O)/C(=C/c2cc(Br)c(OCc3cccc4ccccc34)c(Br)c2)SC1=Nc1ccc(C(=O)O)cc1. The van der Waals surface area contributed by atoms with Gasteiger partial charge in [-0.15, -0.1) is 0 Å². The van der Waals surface area contributed by atoms with Crippen LogP contribution in [0.2, 0.25) is 0 Å². The zero-order valence-electron chi connectivity index (χ0n) is 20.0. The number of likely N-dealkylation sites (N-methyl/N-ethyl adjacent to an activating group) is 1. The van der Waals surface area contributed by atoms with E-state index in [4.69, 9.17) is 9.84 Å². The Bertz CT molecular complexity index is 1610. The summed E-state index contributed by atoms with van der Waals surface area (Å²) in [4.78, 5) is 30.5. The van der Waals surface area contributed by atoms with E-state index in [-0.39, 0.29) is 11.5 Å². The van der Waals surface area contributed by atoms with Gasteiger partial charge >= 0.3 is 5.97 Å². The van der Waals surface area contributed by atoms with Gasteiger partial charge in [0.15, 0.2) is 5.17 Å². The molecular formula is C29H20Br2N2O4S. The first-order chi connectivity index (χ1) is 18.3. The molecule has 6 nitrogen and oxygen atoms in total. The number of aliphatic imine (C=N–C) groups is 1. The lowest BCUT2D eigenvalue weighted by Crippen LogP contribution is -2.23. The largest absolute Gasteiger partial charge is 0.487 e. The first-order valence-electron chi connectivity index (χ1n) is 11.5. The van der Waals surface area contributed by atoms with Gasteiger partial charge in [-0.25, -0.2) is 9.79 Å². The molecule has 0 unspecified atom stereocenters. The van der Waals surface area contributed by atoms with E-state index in [0.29, 0.717) is 28.1 Å². The number of amides is 1. The monoisotopic (exact) mass is 650 g/mol. The van der Waals surface area contributed by atoms with Crippen molar-refractivity contribution in [3.8, 4) is 5.75 Å². The van der Waals surface area contributed by atoms with Crippen LogP contribution in [-0.4, -0.2) is 34.1 Å². The van der Waals surface area contributed by atoms with Crippen molar-refractivity contribution in [3.05, 3.63) is 109 Å². The highest BCUT2D eigenvalue weighted by Crippen LogP contribution is 2.38. The lowest BCUT2D eigenvalue weighted by atomic mass is 10.1. The smallest absolute Gasteiger partial charge is 0.335 e. The highest BCUT2D eigenvalue weighted by atomic mass is 79.9. The molecule has 0 atom stereocenters. The summed E-state index contributed by atoms with van der Waals surface area (Å²) in [6.45, 7) is 0.408. The molecule has 0 aliphatic carbocycles. The van der Waals surface area contributed by atoms with Gasteiger partial charge in [0.2, 0.25) is 0 Å². The lowest BCUT2D eigenvalue weighted by Gasteiger charge is -2.13. The van der Waals surface area contributed by atoms with E-state index in [1.54, 1.807) is 19.2 Å². The number of thioether (sulfide) groups is 1. The molecule has 1 aliphatic heterocycles. The second-order valence-electron chi connectivity index (χ2n) is 8.46. The Labute approximate surface area is 240 Å². The molecule has 1 aliphatic rings. The molecular weight excluding hydrogens is 632 g/mol. The first kappa shape index (κ1) is 26.2. The molecule has 1 amide bonds. The molecule has 0 spiro atoms. The van der Waals surface area contributed by atoms with Crippen LogP contribution < -0.4 is 4.74 Å². The van der Waals surface area contributed by atoms with Gasteiger partial charge in [0.1, 0.15) is 12.4 Å². The normalized spacial score (nSPS) is 15.6. The third-order valence-electron chi connectivity index (χ3n) is 5.91. The zero-order valence-corrected chi connectivity index (χ0v) is 24.0. The van der Waals surface area contributed by atoms with Crippen LogP contribution >= 0.6 is 43.6 Å². The number of carbonyl (C=O) groups is 2. The Morgan fingerprint density at radius 2 is 1.71 bits per heavy atom. The fourth-order valence-corrected chi connectivity index (χ4v) is 6.40. The van der Waals surface area contributed by atoms with Gasteiger partial charge in [-0.1, -0.05) is 42.5 Å². The van der Waals surface area contributed by atoms with Gasteiger partial charge in [-0.3, -0.25) is 9.69 Å². The van der Waals surface area contributed by atoms with Crippen LogP contribution in [0.3, 0.4) is 0 Å². The van der Waals surface area contributed by atoms with Crippen LogP contribution in [0.25, 0.3) is 16.8 Å². The number of amidine groups is 1. The second kappa shape index (κ2) is 11.1. The van der Waals surface area contributed by atoms with Crippen molar-refractivity contribution in [1.29, 1.82) is 0 Å². The molecule has 0 aromatic heterocycles. The minimum absolute atomic E-state index is 0.167. The zero-order chi connectivity index (χ0) is 26.8. The third kappa shape index (κ3) is 5.55. The molecule has 1 fully saturated rings. The van der Waals surface area contributed by atoms with Gasteiger partial charge in [0.25, 0.3) is 5.91 Å². The number of halogens is 2. The Hall–Kier alpha value is -3.40. The topological polar surface area (TPSA) is 79.2 Å². The van der Waals surface area contributed by atoms with E-state index in [9.17, 15) is 9.59 Å². The fourth-order valence-electron chi connectivity index (χ4n) is 3.96. The molecule has 4 aromatic rings. The molecule has 1 saturated heterocycles. The average molecular weight is 652 g/mol. The van der Waals surface area contributed by atoms with Gasteiger partial charge < -0.3 is 9.84 Å². The van der Waals surface area contributed by atoms with E-state index < -0.39 is 5.97 Å². The fraction of sp³-hybridized carbons (Fsp3) is 0.0690. The standard InChI is InChI=1S/C29H20Br2N2O4S/c1-33-27(34)25(38-29(33)32-21-11-9-19(10-12-21)28(35)36)15-17-13-23(30)26(24(31)14-17)37-16-20-7-4-6-18-5-2-3-8-22(18)20/h2-15H,16H2,1H3,(H,35,36)/b25-15-,32-29?. The number of aromatic carboxylic acids is 1. The quantitative estimate of drug-likeness (QED) is 0.215.